The van der Waals surface area contributed by atoms with E-state index in [1.165, 1.54) is 9.80 Å². The molecule has 4 rings (SSSR count). The summed E-state index contributed by atoms with van der Waals surface area (Å²) in [6, 6.07) is 25.0. The highest BCUT2D eigenvalue weighted by Crippen LogP contribution is 2.30. The van der Waals surface area contributed by atoms with E-state index in [-0.39, 0.29) is 37.8 Å². The van der Waals surface area contributed by atoms with Gasteiger partial charge in [0.05, 0.1) is 6.42 Å². The second kappa shape index (κ2) is 17.1. The number of nitrogens with one attached hydrogen (secondary N) is 1. The summed E-state index contributed by atoms with van der Waals surface area (Å²) in [4.78, 5) is 56.1. The van der Waals surface area contributed by atoms with Gasteiger partial charge in [-0.25, -0.2) is 0 Å². The predicted molar refractivity (Wildman–Crippen MR) is 180 cm³/mol. The minimum absolute atomic E-state index is 0.0507. The lowest BCUT2D eigenvalue weighted by Gasteiger charge is -2.42. The Labute approximate surface area is 280 Å². The highest BCUT2D eigenvalue weighted by atomic mass is 35.5. The predicted octanol–water partition coefficient (Wildman–Crippen LogP) is 4.20. The zero-order valence-electron chi connectivity index (χ0n) is 25.7. The van der Waals surface area contributed by atoms with Crippen molar-refractivity contribution >= 4 is 46.8 Å². The number of piperazine rings is 1. The maximum atomic E-state index is 14.1. The van der Waals surface area contributed by atoms with Crippen LogP contribution in [0.25, 0.3) is 0 Å². The zero-order chi connectivity index (χ0) is 33.1. The summed E-state index contributed by atoms with van der Waals surface area (Å²) in [5.41, 5.74) is 13.3. The smallest absolute Gasteiger partial charge is 0.247 e. The average Bonchev–Trinajstić information content (AvgIpc) is 3.05. The Hall–Kier alpha value is -3.92. The molecule has 46 heavy (non-hydrogen) atoms. The molecule has 244 valence electrons. The van der Waals surface area contributed by atoms with Crippen LogP contribution in [0.3, 0.4) is 0 Å². The Morgan fingerprint density at radius 2 is 1.50 bits per heavy atom. The van der Waals surface area contributed by atoms with Gasteiger partial charge < -0.3 is 26.6 Å². The standard InChI is InChI=1S/C35H41Cl2N5O4/c36-27-16-14-24(15-17-27)21-31(37)42-23-33(44)41(20-18-28(25-9-3-1-4-10-25)26-11-5-2-6-12-26)30(35(42)46)22-32(43)40-29(34(39)45)13-7-8-19-38/h1-6,9-12,14-17,28-31H,7-8,13,18-23,38H2,(H2,39,45)(H,40,43). The van der Waals surface area contributed by atoms with Crippen molar-refractivity contribution in [3.63, 3.8) is 0 Å². The van der Waals surface area contributed by atoms with Gasteiger partial charge >= 0.3 is 0 Å². The van der Waals surface area contributed by atoms with E-state index >= 15 is 0 Å². The molecular weight excluding hydrogens is 625 g/mol. The SMILES string of the molecule is NCCCCC(NC(=O)CC1C(=O)N(C(Cl)Cc2ccc(Cl)cc2)CC(=O)N1CCC(c1ccccc1)c1ccccc1)C(N)=O. The third-order valence-corrected chi connectivity index (χ3v) is 8.93. The summed E-state index contributed by atoms with van der Waals surface area (Å²) >= 11 is 12.8. The van der Waals surface area contributed by atoms with E-state index in [9.17, 15) is 19.2 Å². The van der Waals surface area contributed by atoms with Crippen molar-refractivity contribution in [1.29, 1.82) is 0 Å². The quantitative estimate of drug-likeness (QED) is 0.120. The van der Waals surface area contributed by atoms with Crippen LogP contribution in [-0.4, -0.2) is 70.6 Å². The summed E-state index contributed by atoms with van der Waals surface area (Å²) in [7, 11) is 0. The number of unbranched alkanes of at least 4 members (excludes halogenated alkanes) is 1. The van der Waals surface area contributed by atoms with Gasteiger partial charge in [-0.2, -0.15) is 0 Å². The number of alkyl halides is 1. The van der Waals surface area contributed by atoms with E-state index < -0.39 is 35.3 Å². The second-order valence-electron chi connectivity index (χ2n) is 11.5. The first-order chi connectivity index (χ1) is 22.2. The fraction of sp³-hybridized carbons (Fsp3) is 0.371. The Bertz CT molecular complexity index is 1420. The van der Waals surface area contributed by atoms with Crippen LogP contribution >= 0.6 is 23.2 Å². The molecule has 9 nitrogen and oxygen atoms in total. The zero-order valence-corrected chi connectivity index (χ0v) is 27.2. The van der Waals surface area contributed by atoms with Crippen LogP contribution in [0.15, 0.2) is 84.9 Å². The summed E-state index contributed by atoms with van der Waals surface area (Å²) < 4.78 is 0. The summed E-state index contributed by atoms with van der Waals surface area (Å²) in [6.45, 7) is 0.458. The topological polar surface area (TPSA) is 139 Å². The molecule has 1 aliphatic rings. The summed E-state index contributed by atoms with van der Waals surface area (Å²) in [5, 5.41) is 3.25. The normalized spacial score (nSPS) is 16.4. The monoisotopic (exact) mass is 665 g/mol. The van der Waals surface area contributed by atoms with E-state index in [1.807, 2.05) is 72.8 Å². The van der Waals surface area contributed by atoms with Crippen LogP contribution in [0.5, 0.6) is 0 Å². The first-order valence-electron chi connectivity index (χ1n) is 15.5. The average molecular weight is 667 g/mol. The number of hydrogen-bond donors (Lipinski definition) is 3. The highest BCUT2D eigenvalue weighted by molar-refractivity contribution is 6.30. The number of nitrogens with zero attached hydrogens (tertiary/aromatic N) is 2. The van der Waals surface area contributed by atoms with E-state index in [0.29, 0.717) is 37.3 Å². The maximum Gasteiger partial charge on any atom is 0.247 e. The molecule has 1 aliphatic heterocycles. The van der Waals surface area contributed by atoms with Crippen LogP contribution in [0.2, 0.25) is 5.02 Å². The van der Waals surface area contributed by atoms with E-state index in [0.717, 1.165) is 16.7 Å². The molecule has 0 bridgehead atoms. The highest BCUT2D eigenvalue weighted by Gasteiger charge is 2.43. The lowest BCUT2D eigenvalue weighted by molar-refractivity contribution is -0.158. The molecule has 3 aromatic rings. The number of primary amides is 1. The number of halogens is 2. The molecule has 0 radical (unpaired) electrons. The van der Waals surface area contributed by atoms with Crippen molar-refractivity contribution < 1.29 is 19.2 Å². The molecular formula is C35H41Cl2N5O4. The summed E-state index contributed by atoms with van der Waals surface area (Å²) in [6.07, 6.45) is 2.06. The minimum atomic E-state index is -1.11. The van der Waals surface area contributed by atoms with Crippen LogP contribution in [-0.2, 0) is 25.6 Å². The lowest BCUT2D eigenvalue weighted by atomic mass is 9.88. The van der Waals surface area contributed by atoms with Crippen LogP contribution in [0.4, 0.5) is 0 Å². The van der Waals surface area contributed by atoms with Crippen molar-refractivity contribution in [3.05, 3.63) is 107 Å². The molecule has 11 heteroatoms. The number of nitrogens with two attached hydrogens (primary N) is 2. The van der Waals surface area contributed by atoms with Crippen molar-refractivity contribution in [2.24, 2.45) is 11.5 Å². The van der Waals surface area contributed by atoms with Crippen molar-refractivity contribution in [1.82, 2.24) is 15.1 Å². The van der Waals surface area contributed by atoms with E-state index in [1.54, 1.807) is 12.1 Å². The fourth-order valence-corrected chi connectivity index (χ4v) is 6.29. The van der Waals surface area contributed by atoms with Gasteiger partial charge in [0.1, 0.15) is 24.1 Å². The molecule has 1 heterocycles. The molecule has 4 amide bonds. The summed E-state index contributed by atoms with van der Waals surface area (Å²) in [5.74, 6) is -2.02. The van der Waals surface area contributed by atoms with Gasteiger partial charge in [0, 0.05) is 23.9 Å². The molecule has 3 unspecified atom stereocenters. The molecule has 0 saturated carbocycles. The fourth-order valence-electron chi connectivity index (χ4n) is 5.83. The Kier molecular flexibility index (Phi) is 13.0. The van der Waals surface area contributed by atoms with Gasteiger partial charge in [0.15, 0.2) is 0 Å². The number of amides is 4. The lowest BCUT2D eigenvalue weighted by Crippen LogP contribution is -2.63. The molecule has 5 N–H and O–H groups in total. The van der Waals surface area contributed by atoms with E-state index in [2.05, 4.69) is 5.32 Å². The third-order valence-electron chi connectivity index (χ3n) is 8.29. The van der Waals surface area contributed by atoms with Gasteiger partial charge in [-0.1, -0.05) is 96.0 Å². The Balaban J connectivity index is 1.57. The van der Waals surface area contributed by atoms with Crippen molar-refractivity contribution in [3.8, 4) is 0 Å². The van der Waals surface area contributed by atoms with Crippen LogP contribution < -0.4 is 16.8 Å². The minimum Gasteiger partial charge on any atom is -0.368 e. The largest absolute Gasteiger partial charge is 0.368 e. The number of benzene rings is 3. The van der Waals surface area contributed by atoms with E-state index in [4.69, 9.17) is 34.7 Å². The number of rotatable bonds is 16. The molecule has 1 saturated heterocycles. The van der Waals surface area contributed by atoms with Crippen LogP contribution in [0.1, 0.15) is 54.7 Å². The second-order valence-corrected chi connectivity index (χ2v) is 12.4. The van der Waals surface area contributed by atoms with Crippen LogP contribution in [0, 0.1) is 0 Å². The van der Waals surface area contributed by atoms with Gasteiger partial charge in [0.25, 0.3) is 0 Å². The van der Waals surface area contributed by atoms with Crippen molar-refractivity contribution in [2.75, 3.05) is 19.6 Å². The van der Waals surface area contributed by atoms with Crippen molar-refractivity contribution in [2.45, 2.75) is 62.0 Å². The Morgan fingerprint density at radius 1 is 0.891 bits per heavy atom. The number of carbonyl (C=O) groups is 4. The molecule has 0 aromatic heterocycles. The Morgan fingerprint density at radius 3 is 2.07 bits per heavy atom. The van der Waals surface area contributed by atoms with Gasteiger partial charge in [-0.15, -0.1) is 0 Å². The van der Waals surface area contributed by atoms with Gasteiger partial charge in [-0.05, 0) is 61.1 Å². The molecule has 0 aliphatic carbocycles. The first-order valence-corrected chi connectivity index (χ1v) is 16.4. The molecule has 3 aromatic carbocycles. The third kappa shape index (κ3) is 9.55. The molecule has 1 fully saturated rings. The van der Waals surface area contributed by atoms with Gasteiger partial charge in [0.2, 0.25) is 23.6 Å². The van der Waals surface area contributed by atoms with Gasteiger partial charge in [-0.3, -0.25) is 19.2 Å². The molecule has 3 atom stereocenters. The number of hydrogen-bond acceptors (Lipinski definition) is 5. The molecule has 0 spiro atoms. The maximum absolute atomic E-state index is 14.1. The number of carbonyl (C=O) groups excluding carboxylic acids is 4. The first kappa shape index (κ1) is 34.9.